The Morgan fingerprint density at radius 3 is 2.77 bits per heavy atom. The molecule has 0 spiro atoms. The van der Waals surface area contributed by atoms with E-state index in [2.05, 4.69) is 35.3 Å². The van der Waals surface area contributed by atoms with Crippen LogP contribution in [-0.2, 0) is 0 Å². The van der Waals surface area contributed by atoms with Crippen molar-refractivity contribution in [3.63, 3.8) is 0 Å². The Hall–Kier alpha value is -2.94. The van der Waals surface area contributed by atoms with E-state index in [1.807, 2.05) is 6.92 Å². The molecule has 158 valence electrons. The number of nitrogens with zero attached hydrogens (tertiary/aromatic N) is 2. The summed E-state index contributed by atoms with van der Waals surface area (Å²) in [5.74, 6) is 4.11. The molecule has 0 atom stereocenters. The largest absolute Gasteiger partial charge is 0.356 e. The van der Waals surface area contributed by atoms with Crippen molar-refractivity contribution in [1.29, 1.82) is 0 Å². The molecule has 0 bridgehead atoms. The first kappa shape index (κ1) is 21.8. The van der Waals surface area contributed by atoms with Gasteiger partial charge in [-0.3, -0.25) is 4.79 Å². The molecule has 0 unspecified atom stereocenters. The lowest BCUT2D eigenvalue weighted by atomic mass is 10.0. The zero-order valence-corrected chi connectivity index (χ0v) is 17.3. The molecule has 1 aliphatic carbocycles. The zero-order chi connectivity index (χ0) is 21.7. The fourth-order valence-electron chi connectivity index (χ4n) is 3.39. The standard InChI is InChI=1S/C24H27F2N3O/c1-4-7-20(5-2)28-23(30)21-17(3)19(11-10-18-8-9-18)16-27-22(21)29-14-6-12-24(25,26)13-15-29/h4-5,7,16,18H,1-2,6,8-9,12-15H2,3H3,(H,28,30)/b20-7+. The number of allylic oxidation sites excluding steroid dienone is 3. The second-order valence-electron chi connectivity index (χ2n) is 7.75. The second-order valence-corrected chi connectivity index (χ2v) is 7.75. The summed E-state index contributed by atoms with van der Waals surface area (Å²) in [7, 11) is 0. The van der Waals surface area contributed by atoms with Crippen LogP contribution in [0.2, 0.25) is 0 Å². The molecule has 3 rings (SSSR count). The van der Waals surface area contributed by atoms with Gasteiger partial charge in [0, 0.05) is 49.3 Å². The number of nitrogens with one attached hydrogen (secondary N) is 1. The second kappa shape index (κ2) is 9.25. The maximum Gasteiger partial charge on any atom is 0.259 e. The average molecular weight is 411 g/mol. The molecule has 1 saturated heterocycles. The lowest BCUT2D eigenvalue weighted by molar-refractivity contribution is -0.0102. The molecular weight excluding hydrogens is 384 g/mol. The molecule has 2 heterocycles. The number of aromatic nitrogens is 1. The van der Waals surface area contributed by atoms with Gasteiger partial charge in [-0.2, -0.15) is 0 Å². The number of carbonyl (C=O) groups excluding carboxylic acids is 1. The van der Waals surface area contributed by atoms with Crippen molar-refractivity contribution in [2.24, 2.45) is 5.92 Å². The predicted octanol–water partition coefficient (Wildman–Crippen LogP) is 4.76. The minimum Gasteiger partial charge on any atom is -0.356 e. The number of anilines is 1. The highest BCUT2D eigenvalue weighted by Gasteiger charge is 2.33. The molecule has 1 aromatic rings. The number of pyridine rings is 1. The summed E-state index contributed by atoms with van der Waals surface area (Å²) >= 11 is 0. The van der Waals surface area contributed by atoms with Crippen LogP contribution in [0.5, 0.6) is 0 Å². The van der Waals surface area contributed by atoms with Crippen LogP contribution in [0.4, 0.5) is 14.6 Å². The first-order valence-electron chi connectivity index (χ1n) is 10.2. The van der Waals surface area contributed by atoms with E-state index in [0.29, 0.717) is 47.1 Å². The van der Waals surface area contributed by atoms with Crippen molar-refractivity contribution in [3.05, 3.63) is 60.0 Å². The third-order valence-electron chi connectivity index (χ3n) is 5.33. The Morgan fingerprint density at radius 2 is 2.10 bits per heavy atom. The van der Waals surface area contributed by atoms with E-state index in [1.165, 1.54) is 6.08 Å². The lowest BCUT2D eigenvalue weighted by Gasteiger charge is -2.25. The summed E-state index contributed by atoms with van der Waals surface area (Å²) in [6, 6.07) is 0. The molecule has 4 nitrogen and oxygen atoms in total. The Kier molecular flexibility index (Phi) is 6.71. The van der Waals surface area contributed by atoms with Gasteiger partial charge in [-0.1, -0.05) is 31.1 Å². The quantitative estimate of drug-likeness (QED) is 0.561. The molecule has 6 heteroatoms. The van der Waals surface area contributed by atoms with Crippen molar-refractivity contribution < 1.29 is 13.6 Å². The smallest absolute Gasteiger partial charge is 0.259 e. The Bertz CT molecular complexity index is 936. The Labute approximate surface area is 176 Å². The number of hydrogen-bond acceptors (Lipinski definition) is 3. The number of rotatable bonds is 5. The molecule has 0 radical (unpaired) electrons. The molecular formula is C24H27F2N3O. The van der Waals surface area contributed by atoms with Gasteiger partial charge >= 0.3 is 0 Å². The van der Waals surface area contributed by atoms with Crippen molar-refractivity contribution >= 4 is 11.7 Å². The third kappa shape index (κ3) is 5.35. The van der Waals surface area contributed by atoms with E-state index in [9.17, 15) is 13.6 Å². The number of hydrogen-bond donors (Lipinski definition) is 1. The first-order valence-corrected chi connectivity index (χ1v) is 10.2. The van der Waals surface area contributed by atoms with Gasteiger partial charge < -0.3 is 10.2 Å². The fraction of sp³-hybridized carbons (Fsp3) is 0.417. The zero-order valence-electron chi connectivity index (χ0n) is 17.3. The summed E-state index contributed by atoms with van der Waals surface area (Å²) < 4.78 is 27.7. The summed E-state index contributed by atoms with van der Waals surface area (Å²) in [6.45, 7) is 9.73. The Morgan fingerprint density at radius 1 is 1.33 bits per heavy atom. The number of amides is 1. The van der Waals surface area contributed by atoms with Crippen LogP contribution < -0.4 is 10.2 Å². The maximum absolute atomic E-state index is 13.9. The van der Waals surface area contributed by atoms with E-state index < -0.39 is 5.92 Å². The van der Waals surface area contributed by atoms with E-state index in [0.717, 1.165) is 12.8 Å². The highest BCUT2D eigenvalue weighted by atomic mass is 19.3. The maximum atomic E-state index is 13.9. The minimum absolute atomic E-state index is 0.142. The van der Waals surface area contributed by atoms with Crippen LogP contribution in [0.3, 0.4) is 0 Å². The highest BCUT2D eigenvalue weighted by Crippen LogP contribution is 2.32. The molecule has 30 heavy (non-hydrogen) atoms. The monoisotopic (exact) mass is 411 g/mol. The van der Waals surface area contributed by atoms with Crippen molar-refractivity contribution in [2.75, 3.05) is 18.0 Å². The molecule has 0 aromatic carbocycles. The average Bonchev–Trinajstić information content (AvgIpc) is 3.54. The number of halogens is 2. The Balaban J connectivity index is 2.00. The van der Waals surface area contributed by atoms with Gasteiger partial charge in [0.15, 0.2) is 0 Å². The molecule has 1 aromatic heterocycles. The van der Waals surface area contributed by atoms with Gasteiger partial charge in [-0.25, -0.2) is 13.8 Å². The number of alkyl halides is 2. The lowest BCUT2D eigenvalue weighted by Crippen LogP contribution is -2.31. The molecule has 1 amide bonds. The first-order chi connectivity index (χ1) is 14.3. The molecule has 2 fully saturated rings. The topological polar surface area (TPSA) is 45.2 Å². The summed E-state index contributed by atoms with van der Waals surface area (Å²) in [6.07, 6.45) is 8.48. The van der Waals surface area contributed by atoms with Crippen molar-refractivity contribution in [2.45, 2.75) is 45.0 Å². The summed E-state index contributed by atoms with van der Waals surface area (Å²) in [5, 5.41) is 2.81. The van der Waals surface area contributed by atoms with E-state index in [4.69, 9.17) is 0 Å². The molecule has 2 aliphatic rings. The van der Waals surface area contributed by atoms with Crippen LogP contribution in [-0.4, -0.2) is 29.9 Å². The van der Waals surface area contributed by atoms with Gasteiger partial charge in [-0.15, -0.1) is 0 Å². The highest BCUT2D eigenvalue weighted by molar-refractivity contribution is 6.02. The van der Waals surface area contributed by atoms with Crippen LogP contribution in [0.25, 0.3) is 0 Å². The van der Waals surface area contributed by atoms with E-state index in [-0.39, 0.29) is 25.3 Å². The SMILES string of the molecule is C=C/C=C(\C=C)NC(=O)c1c(N2CCCC(F)(F)CC2)ncc(C#CC2CC2)c1C. The molecule has 1 aliphatic heterocycles. The van der Waals surface area contributed by atoms with E-state index >= 15 is 0 Å². The van der Waals surface area contributed by atoms with Crippen LogP contribution in [0.1, 0.15) is 53.6 Å². The molecule has 1 saturated carbocycles. The van der Waals surface area contributed by atoms with Gasteiger partial charge in [0.2, 0.25) is 5.92 Å². The van der Waals surface area contributed by atoms with Crippen molar-refractivity contribution in [1.82, 2.24) is 10.3 Å². The predicted molar refractivity (Wildman–Crippen MR) is 116 cm³/mol. The van der Waals surface area contributed by atoms with Crippen LogP contribution in [0, 0.1) is 24.7 Å². The van der Waals surface area contributed by atoms with Gasteiger partial charge in [0.25, 0.3) is 5.91 Å². The summed E-state index contributed by atoms with van der Waals surface area (Å²) in [4.78, 5) is 19.5. The van der Waals surface area contributed by atoms with Crippen molar-refractivity contribution in [3.8, 4) is 11.8 Å². The normalized spacial score (nSPS) is 18.6. The fourth-order valence-corrected chi connectivity index (χ4v) is 3.39. The minimum atomic E-state index is -2.69. The third-order valence-corrected chi connectivity index (χ3v) is 5.33. The number of carbonyl (C=O) groups is 1. The van der Waals surface area contributed by atoms with Gasteiger partial charge in [0.05, 0.1) is 5.56 Å². The van der Waals surface area contributed by atoms with Gasteiger partial charge in [0.1, 0.15) is 5.82 Å². The molecule has 1 N–H and O–H groups in total. The van der Waals surface area contributed by atoms with Gasteiger partial charge in [-0.05, 0) is 43.9 Å². The van der Waals surface area contributed by atoms with Crippen LogP contribution >= 0.6 is 0 Å². The summed E-state index contributed by atoms with van der Waals surface area (Å²) in [5.41, 5.74) is 2.24. The van der Waals surface area contributed by atoms with E-state index in [1.54, 1.807) is 23.2 Å². The van der Waals surface area contributed by atoms with Crippen LogP contribution in [0.15, 0.2) is 43.3 Å².